The van der Waals surface area contributed by atoms with Crippen LogP contribution >= 0.6 is 0 Å². The number of carbonyl (C=O) groups excluding carboxylic acids is 1. The lowest BCUT2D eigenvalue weighted by molar-refractivity contribution is 0.0159. The molecule has 1 heterocycles. The highest BCUT2D eigenvalue weighted by Crippen LogP contribution is 2.22. The molecule has 0 aromatic heterocycles. The van der Waals surface area contributed by atoms with Gasteiger partial charge in [-0.25, -0.2) is 4.79 Å². The second-order valence-corrected chi connectivity index (χ2v) is 5.41. The Hall–Kier alpha value is -0.810. The molecule has 1 fully saturated rings. The van der Waals surface area contributed by atoms with Gasteiger partial charge in [0.1, 0.15) is 5.60 Å². The molecule has 0 spiro atoms. The fourth-order valence-corrected chi connectivity index (χ4v) is 1.81. The van der Waals surface area contributed by atoms with E-state index in [2.05, 4.69) is 5.32 Å². The minimum absolute atomic E-state index is 0.336. The van der Waals surface area contributed by atoms with Crippen LogP contribution in [0.1, 0.15) is 27.2 Å². The van der Waals surface area contributed by atoms with Crippen LogP contribution in [-0.4, -0.2) is 54.0 Å². The second-order valence-electron chi connectivity index (χ2n) is 5.41. The number of nitrogens with zero attached hydrogens (tertiary/aromatic N) is 1. The van der Waals surface area contributed by atoms with Crippen molar-refractivity contribution in [1.29, 1.82) is 0 Å². The Bertz CT molecular complexity index is 262. The first kappa shape index (κ1) is 13.3. The zero-order chi connectivity index (χ0) is 12.4. The zero-order valence-corrected chi connectivity index (χ0v) is 10.5. The van der Waals surface area contributed by atoms with Gasteiger partial charge in [0.2, 0.25) is 0 Å². The van der Waals surface area contributed by atoms with Crippen molar-refractivity contribution in [3.05, 3.63) is 0 Å². The molecule has 0 aromatic carbocycles. The molecule has 94 valence electrons. The quantitative estimate of drug-likeness (QED) is 0.728. The molecule has 0 saturated carbocycles. The molecule has 0 bridgehead atoms. The van der Waals surface area contributed by atoms with Crippen LogP contribution in [0.4, 0.5) is 4.79 Å². The predicted octanol–water partition coefficient (Wildman–Crippen LogP) is 0.578. The Labute approximate surface area is 96.8 Å². The van der Waals surface area contributed by atoms with Gasteiger partial charge in [-0.1, -0.05) is 0 Å². The van der Waals surface area contributed by atoms with Gasteiger partial charge in [0.05, 0.1) is 12.1 Å². The number of carbonyl (C=O) groups is 1. The maximum atomic E-state index is 11.7. The second kappa shape index (κ2) is 4.59. The zero-order valence-electron chi connectivity index (χ0n) is 10.5. The molecule has 5 heteroatoms. The lowest BCUT2D eigenvalue weighted by Gasteiger charge is -2.26. The summed E-state index contributed by atoms with van der Waals surface area (Å²) in [5.74, 6) is 0. The van der Waals surface area contributed by atoms with Gasteiger partial charge in [0.15, 0.2) is 0 Å². The minimum atomic E-state index is -0.814. The number of likely N-dealkylation sites (N-methyl/N-ethyl adjacent to an activating group) is 1. The SMILES string of the molecule is CNCC1(O)CCN(C(=O)OC(C)(C)C)C1. The summed E-state index contributed by atoms with van der Waals surface area (Å²) in [6.07, 6.45) is 0.243. The summed E-state index contributed by atoms with van der Waals surface area (Å²) in [5, 5.41) is 13.0. The highest BCUT2D eigenvalue weighted by molar-refractivity contribution is 5.68. The molecule has 1 rings (SSSR count). The predicted molar refractivity (Wildman–Crippen MR) is 61.3 cm³/mol. The van der Waals surface area contributed by atoms with Gasteiger partial charge in [-0.3, -0.25) is 0 Å². The van der Waals surface area contributed by atoms with Crippen LogP contribution < -0.4 is 5.32 Å². The van der Waals surface area contributed by atoms with E-state index < -0.39 is 11.2 Å². The lowest BCUT2D eigenvalue weighted by atomic mass is 10.0. The highest BCUT2D eigenvalue weighted by Gasteiger charge is 2.39. The van der Waals surface area contributed by atoms with Crippen LogP contribution in [0.5, 0.6) is 0 Å². The fraction of sp³-hybridized carbons (Fsp3) is 0.909. The summed E-state index contributed by atoms with van der Waals surface area (Å²) in [7, 11) is 1.79. The molecule has 0 radical (unpaired) electrons. The minimum Gasteiger partial charge on any atom is -0.444 e. The molecule has 1 unspecified atom stereocenters. The maximum absolute atomic E-state index is 11.7. The Kier molecular flexibility index (Phi) is 3.80. The maximum Gasteiger partial charge on any atom is 0.410 e. The number of amides is 1. The van der Waals surface area contributed by atoms with Crippen molar-refractivity contribution in [3.8, 4) is 0 Å². The molecule has 2 N–H and O–H groups in total. The largest absolute Gasteiger partial charge is 0.444 e. The standard InChI is InChI=1S/C11H22N2O3/c1-10(2,3)16-9(14)13-6-5-11(15,8-13)7-12-4/h12,15H,5-8H2,1-4H3. The molecule has 5 nitrogen and oxygen atoms in total. The first-order valence-electron chi connectivity index (χ1n) is 5.61. The Morgan fingerprint density at radius 3 is 2.69 bits per heavy atom. The van der Waals surface area contributed by atoms with E-state index in [1.165, 1.54) is 0 Å². The van der Waals surface area contributed by atoms with Crippen LogP contribution in [-0.2, 0) is 4.74 Å². The van der Waals surface area contributed by atoms with Gasteiger partial charge >= 0.3 is 6.09 Å². The highest BCUT2D eigenvalue weighted by atomic mass is 16.6. The van der Waals surface area contributed by atoms with Gasteiger partial charge in [0.25, 0.3) is 0 Å². The van der Waals surface area contributed by atoms with Gasteiger partial charge in [-0.2, -0.15) is 0 Å². The van der Waals surface area contributed by atoms with Crippen LogP contribution in [0.25, 0.3) is 0 Å². The van der Waals surface area contributed by atoms with Crippen LogP contribution in [0.3, 0.4) is 0 Å². The van der Waals surface area contributed by atoms with Crippen molar-refractivity contribution in [3.63, 3.8) is 0 Å². The Morgan fingerprint density at radius 1 is 1.56 bits per heavy atom. The van der Waals surface area contributed by atoms with Gasteiger partial charge in [-0.15, -0.1) is 0 Å². The normalized spacial score (nSPS) is 25.9. The molecule has 0 aromatic rings. The number of rotatable bonds is 2. The van der Waals surface area contributed by atoms with E-state index in [4.69, 9.17) is 4.74 Å². The Balaban J connectivity index is 2.50. The average Bonchev–Trinajstić information content (AvgIpc) is 2.45. The van der Waals surface area contributed by atoms with E-state index in [0.717, 1.165) is 0 Å². The number of aliphatic hydroxyl groups is 1. The number of nitrogens with one attached hydrogen (secondary N) is 1. The molecular weight excluding hydrogens is 208 g/mol. The third-order valence-corrected chi connectivity index (χ3v) is 2.49. The lowest BCUT2D eigenvalue weighted by Crippen LogP contribution is -2.44. The first-order chi connectivity index (χ1) is 7.26. The van der Waals surface area contributed by atoms with Crippen molar-refractivity contribution in [2.75, 3.05) is 26.7 Å². The number of likely N-dealkylation sites (tertiary alicyclic amines) is 1. The third-order valence-electron chi connectivity index (χ3n) is 2.49. The first-order valence-corrected chi connectivity index (χ1v) is 5.61. The molecule has 0 aliphatic carbocycles. The summed E-state index contributed by atoms with van der Waals surface area (Å²) < 4.78 is 5.25. The molecule has 1 aliphatic heterocycles. The molecular formula is C11H22N2O3. The molecule has 1 saturated heterocycles. The van der Waals surface area contributed by atoms with Crippen molar-refractivity contribution < 1.29 is 14.6 Å². The third kappa shape index (κ3) is 3.64. The van der Waals surface area contributed by atoms with E-state index in [0.29, 0.717) is 26.1 Å². The van der Waals surface area contributed by atoms with Crippen molar-refractivity contribution in [1.82, 2.24) is 10.2 Å². The van der Waals surface area contributed by atoms with Crippen LogP contribution in [0, 0.1) is 0 Å². The number of β-amino-alcohol motifs (C(OH)–C–C–N with tert-alkyl or cyclic N) is 1. The molecule has 1 atom stereocenters. The topological polar surface area (TPSA) is 61.8 Å². The monoisotopic (exact) mass is 230 g/mol. The van der Waals surface area contributed by atoms with Gasteiger partial charge in [-0.05, 0) is 34.2 Å². The summed E-state index contributed by atoms with van der Waals surface area (Å²) in [6, 6.07) is 0. The molecule has 1 amide bonds. The van der Waals surface area contributed by atoms with E-state index in [9.17, 15) is 9.90 Å². The Morgan fingerprint density at radius 2 is 2.19 bits per heavy atom. The summed E-state index contributed by atoms with van der Waals surface area (Å²) in [4.78, 5) is 13.3. The summed E-state index contributed by atoms with van der Waals surface area (Å²) in [6.45, 7) is 6.88. The van der Waals surface area contributed by atoms with Crippen LogP contribution in [0.2, 0.25) is 0 Å². The van der Waals surface area contributed by atoms with E-state index >= 15 is 0 Å². The van der Waals surface area contributed by atoms with Crippen molar-refractivity contribution in [2.24, 2.45) is 0 Å². The van der Waals surface area contributed by atoms with Gasteiger partial charge in [0, 0.05) is 13.1 Å². The number of hydrogen-bond donors (Lipinski definition) is 2. The molecule has 16 heavy (non-hydrogen) atoms. The average molecular weight is 230 g/mol. The number of ether oxygens (including phenoxy) is 1. The smallest absolute Gasteiger partial charge is 0.410 e. The van der Waals surface area contributed by atoms with Crippen molar-refractivity contribution >= 4 is 6.09 Å². The fourth-order valence-electron chi connectivity index (χ4n) is 1.81. The number of hydrogen-bond acceptors (Lipinski definition) is 4. The van der Waals surface area contributed by atoms with Crippen LogP contribution in [0.15, 0.2) is 0 Å². The molecule has 1 aliphatic rings. The van der Waals surface area contributed by atoms with E-state index in [-0.39, 0.29) is 6.09 Å². The van der Waals surface area contributed by atoms with Crippen molar-refractivity contribution in [2.45, 2.75) is 38.4 Å². The van der Waals surface area contributed by atoms with E-state index in [1.807, 2.05) is 20.8 Å². The summed E-state index contributed by atoms with van der Waals surface area (Å²) >= 11 is 0. The van der Waals surface area contributed by atoms with E-state index in [1.54, 1.807) is 11.9 Å². The van der Waals surface area contributed by atoms with Gasteiger partial charge < -0.3 is 20.1 Å². The summed E-state index contributed by atoms with van der Waals surface area (Å²) in [5.41, 5.74) is -1.30.